The Morgan fingerprint density at radius 1 is 0.738 bits per heavy atom. The van der Waals surface area contributed by atoms with Crippen molar-refractivity contribution in [3.05, 3.63) is 53.3 Å². The smallest absolute Gasteiger partial charge is 0.231 e. The van der Waals surface area contributed by atoms with Gasteiger partial charge in [0.2, 0.25) is 18.4 Å². The SMILES string of the molecule is O=C1C(=Cc2ccc(O)c(OC3OC(CO)C(O)C(O)C3O)c2)Oc2cc(OC3OC(CO)C(O)C(O)C3O)ccc21. The van der Waals surface area contributed by atoms with Gasteiger partial charge in [0.1, 0.15) is 60.3 Å². The lowest BCUT2D eigenvalue weighted by Gasteiger charge is -2.39. The van der Waals surface area contributed by atoms with Gasteiger partial charge in [-0.3, -0.25) is 4.79 Å². The number of phenols is 1. The molecular formula is C27H30O15. The summed E-state index contributed by atoms with van der Waals surface area (Å²) in [6.45, 7) is -1.30. The molecule has 228 valence electrons. The van der Waals surface area contributed by atoms with Crippen LogP contribution < -0.4 is 14.2 Å². The molecule has 15 heteroatoms. The zero-order valence-electron chi connectivity index (χ0n) is 21.7. The summed E-state index contributed by atoms with van der Waals surface area (Å²) in [7, 11) is 0. The fourth-order valence-corrected chi connectivity index (χ4v) is 4.70. The molecule has 0 radical (unpaired) electrons. The number of aromatic hydroxyl groups is 1. The molecule has 15 nitrogen and oxygen atoms in total. The van der Waals surface area contributed by atoms with Gasteiger partial charge in [-0.15, -0.1) is 0 Å². The monoisotopic (exact) mass is 594 g/mol. The normalized spacial score (nSPS) is 35.5. The van der Waals surface area contributed by atoms with Crippen molar-refractivity contribution in [1.82, 2.24) is 0 Å². The number of rotatable bonds is 7. The van der Waals surface area contributed by atoms with E-state index in [0.29, 0.717) is 5.56 Å². The maximum atomic E-state index is 13.0. The fraction of sp³-hybridized carbons (Fsp3) is 0.444. The molecule has 3 aliphatic heterocycles. The van der Waals surface area contributed by atoms with Crippen molar-refractivity contribution in [2.24, 2.45) is 0 Å². The molecule has 2 saturated heterocycles. The van der Waals surface area contributed by atoms with Gasteiger partial charge in [0, 0.05) is 6.07 Å². The number of carbonyl (C=O) groups is 1. The number of hydrogen-bond donors (Lipinski definition) is 9. The van der Waals surface area contributed by atoms with Gasteiger partial charge >= 0.3 is 0 Å². The number of aliphatic hydroxyl groups excluding tert-OH is 8. The molecule has 0 aromatic heterocycles. The highest BCUT2D eigenvalue weighted by molar-refractivity contribution is 6.14. The first-order chi connectivity index (χ1) is 20.0. The first-order valence-electron chi connectivity index (χ1n) is 12.9. The summed E-state index contributed by atoms with van der Waals surface area (Å²) >= 11 is 0. The number of benzene rings is 2. The van der Waals surface area contributed by atoms with E-state index in [0.717, 1.165) is 0 Å². The first-order valence-corrected chi connectivity index (χ1v) is 12.9. The van der Waals surface area contributed by atoms with Crippen LogP contribution in [0.3, 0.4) is 0 Å². The van der Waals surface area contributed by atoms with Crippen LogP contribution in [0.2, 0.25) is 0 Å². The van der Waals surface area contributed by atoms with E-state index in [1.807, 2.05) is 0 Å². The van der Waals surface area contributed by atoms with Crippen molar-refractivity contribution in [2.75, 3.05) is 13.2 Å². The maximum Gasteiger partial charge on any atom is 0.231 e. The van der Waals surface area contributed by atoms with Crippen LogP contribution in [0.5, 0.6) is 23.0 Å². The molecule has 3 aliphatic rings. The van der Waals surface area contributed by atoms with Gasteiger partial charge in [-0.1, -0.05) is 6.07 Å². The Balaban J connectivity index is 1.31. The molecule has 9 N–H and O–H groups in total. The molecule has 10 atom stereocenters. The van der Waals surface area contributed by atoms with E-state index in [-0.39, 0.29) is 34.3 Å². The summed E-state index contributed by atoms with van der Waals surface area (Å²) in [6.07, 6.45) is -13.9. The minimum atomic E-state index is -1.71. The number of hydrogen-bond acceptors (Lipinski definition) is 15. The van der Waals surface area contributed by atoms with Crippen LogP contribution in [0.4, 0.5) is 0 Å². The van der Waals surface area contributed by atoms with E-state index in [4.69, 9.17) is 23.7 Å². The molecule has 5 rings (SSSR count). The highest BCUT2D eigenvalue weighted by Gasteiger charge is 2.46. The lowest BCUT2D eigenvalue weighted by atomic mass is 9.99. The van der Waals surface area contributed by atoms with Crippen molar-refractivity contribution in [3.8, 4) is 23.0 Å². The number of fused-ring (bicyclic) bond motifs is 1. The molecule has 2 fully saturated rings. The number of ketones is 1. The van der Waals surface area contributed by atoms with Crippen molar-refractivity contribution in [1.29, 1.82) is 0 Å². The molecular weight excluding hydrogens is 564 g/mol. The van der Waals surface area contributed by atoms with Crippen LogP contribution >= 0.6 is 0 Å². The number of ether oxygens (including phenoxy) is 5. The van der Waals surface area contributed by atoms with E-state index in [2.05, 4.69) is 0 Å². The quantitative estimate of drug-likeness (QED) is 0.149. The molecule has 0 bridgehead atoms. The largest absolute Gasteiger partial charge is 0.504 e. The number of allylic oxidation sites excluding steroid dienone is 1. The Morgan fingerprint density at radius 3 is 1.93 bits per heavy atom. The molecule has 10 unspecified atom stereocenters. The van der Waals surface area contributed by atoms with E-state index < -0.39 is 80.4 Å². The van der Waals surface area contributed by atoms with Crippen LogP contribution in [-0.2, 0) is 9.47 Å². The van der Waals surface area contributed by atoms with Gasteiger partial charge in [-0.05, 0) is 35.9 Å². The Morgan fingerprint density at radius 2 is 1.33 bits per heavy atom. The summed E-state index contributed by atoms with van der Waals surface area (Å²) in [4.78, 5) is 13.0. The molecule has 0 aliphatic carbocycles. The summed E-state index contributed by atoms with van der Waals surface area (Å²) in [5.74, 6) is -0.983. The Labute approximate surface area is 237 Å². The van der Waals surface area contributed by atoms with Gasteiger partial charge < -0.3 is 69.6 Å². The molecule has 0 spiro atoms. The lowest BCUT2D eigenvalue weighted by molar-refractivity contribution is -0.277. The van der Waals surface area contributed by atoms with E-state index >= 15 is 0 Å². The third-order valence-electron chi connectivity index (χ3n) is 7.12. The van der Waals surface area contributed by atoms with Crippen LogP contribution in [0.25, 0.3) is 6.08 Å². The third kappa shape index (κ3) is 5.67. The standard InChI is InChI=1S/C27H30O15/c28-8-17-20(32)22(34)24(36)26(41-17)38-11-2-3-12-14(7-11)39-16(19(12)31)6-10-1-4-13(30)15(5-10)40-27-25(37)23(35)21(33)18(9-29)42-27/h1-7,17-18,20-30,32-37H,8-9H2. The zero-order chi connectivity index (χ0) is 30.3. The summed E-state index contributed by atoms with van der Waals surface area (Å²) in [5.41, 5.74) is 0.500. The fourth-order valence-electron chi connectivity index (χ4n) is 4.70. The van der Waals surface area contributed by atoms with Crippen molar-refractivity contribution >= 4 is 11.9 Å². The predicted octanol–water partition coefficient (Wildman–Crippen LogP) is -2.63. The number of carbonyl (C=O) groups excluding carboxylic acids is 1. The second kappa shape index (κ2) is 12.1. The van der Waals surface area contributed by atoms with Gasteiger partial charge in [-0.2, -0.15) is 0 Å². The molecule has 2 aromatic carbocycles. The predicted molar refractivity (Wildman–Crippen MR) is 136 cm³/mol. The molecule has 0 saturated carbocycles. The minimum absolute atomic E-state index is 0.0898. The van der Waals surface area contributed by atoms with Crippen LogP contribution in [0.1, 0.15) is 15.9 Å². The number of aliphatic hydroxyl groups is 8. The average Bonchev–Trinajstić information content (AvgIpc) is 3.28. The highest BCUT2D eigenvalue weighted by atomic mass is 16.7. The Kier molecular flexibility index (Phi) is 8.68. The third-order valence-corrected chi connectivity index (χ3v) is 7.12. The van der Waals surface area contributed by atoms with Crippen molar-refractivity contribution in [2.45, 2.75) is 61.4 Å². The van der Waals surface area contributed by atoms with E-state index in [9.17, 15) is 50.8 Å². The zero-order valence-corrected chi connectivity index (χ0v) is 21.7. The molecule has 2 aromatic rings. The van der Waals surface area contributed by atoms with E-state index in [1.165, 1.54) is 42.5 Å². The summed E-state index contributed by atoms with van der Waals surface area (Å²) in [6, 6.07) is 8.14. The average molecular weight is 595 g/mol. The molecule has 0 amide bonds. The summed E-state index contributed by atoms with van der Waals surface area (Å²) < 4.78 is 27.4. The Hall–Kier alpha value is -3.35. The number of phenolic OH excluding ortho intramolecular Hbond substituents is 1. The lowest BCUT2D eigenvalue weighted by Crippen LogP contribution is -2.60. The molecule has 42 heavy (non-hydrogen) atoms. The van der Waals surface area contributed by atoms with Gasteiger partial charge in [0.25, 0.3) is 0 Å². The molecule has 3 heterocycles. The second-order valence-corrected chi connectivity index (χ2v) is 9.96. The second-order valence-electron chi connectivity index (χ2n) is 9.96. The minimum Gasteiger partial charge on any atom is -0.504 e. The van der Waals surface area contributed by atoms with Gasteiger partial charge in [-0.25, -0.2) is 0 Å². The first kappa shape index (κ1) is 30.1. The number of Topliss-reactive ketones (excluding diaryl/α,β-unsaturated/α-hetero) is 1. The van der Waals surface area contributed by atoms with E-state index in [1.54, 1.807) is 0 Å². The topological polar surface area (TPSA) is 245 Å². The van der Waals surface area contributed by atoms with Gasteiger partial charge in [0.05, 0.1) is 18.8 Å². The van der Waals surface area contributed by atoms with Crippen molar-refractivity contribution in [3.63, 3.8) is 0 Å². The Bertz CT molecular complexity index is 1330. The highest BCUT2D eigenvalue weighted by Crippen LogP contribution is 2.37. The van der Waals surface area contributed by atoms with Crippen molar-refractivity contribution < 1.29 is 74.4 Å². The van der Waals surface area contributed by atoms with Crippen LogP contribution in [0, 0.1) is 0 Å². The maximum absolute atomic E-state index is 13.0. The summed E-state index contributed by atoms with van der Waals surface area (Å²) in [5, 5.41) is 89.3. The van der Waals surface area contributed by atoms with Crippen LogP contribution in [-0.4, -0.2) is 126 Å². The van der Waals surface area contributed by atoms with Gasteiger partial charge in [0.15, 0.2) is 17.3 Å². The van der Waals surface area contributed by atoms with Crippen LogP contribution in [0.15, 0.2) is 42.2 Å².